The first-order valence-corrected chi connectivity index (χ1v) is 5.83. The fourth-order valence-electron chi connectivity index (χ4n) is 1.69. The van der Waals surface area contributed by atoms with Crippen LogP contribution in [0.3, 0.4) is 0 Å². The smallest absolute Gasteiger partial charge is 0.0176 e. The Morgan fingerprint density at radius 2 is 1.60 bits per heavy atom. The van der Waals surface area contributed by atoms with Crippen molar-refractivity contribution in [2.24, 2.45) is 10.8 Å². The average molecular weight is 207 g/mol. The number of rotatable bonds is 0. The number of hydrogen-bond acceptors (Lipinski definition) is 1. The summed E-state index contributed by atoms with van der Waals surface area (Å²) in [5.74, 6) is 0. The predicted molar refractivity (Wildman–Crippen MR) is 67.9 cm³/mol. The third-order valence-corrected chi connectivity index (χ3v) is 2.94. The first-order chi connectivity index (χ1) is 6.71. The Morgan fingerprint density at radius 3 is 2.07 bits per heavy atom. The molecule has 0 spiro atoms. The molecule has 0 atom stereocenters. The van der Waals surface area contributed by atoms with Crippen LogP contribution in [-0.4, -0.2) is 13.1 Å². The molecule has 0 saturated carbocycles. The Bertz CT molecular complexity index is 281. The van der Waals surface area contributed by atoms with E-state index < -0.39 is 0 Å². The molecule has 0 aromatic heterocycles. The third kappa shape index (κ3) is 3.49. The molecule has 15 heavy (non-hydrogen) atoms. The summed E-state index contributed by atoms with van der Waals surface area (Å²) in [6, 6.07) is 0. The molecule has 0 saturated heterocycles. The summed E-state index contributed by atoms with van der Waals surface area (Å²) >= 11 is 0. The highest BCUT2D eigenvalue weighted by atomic mass is 14.8. The molecule has 1 rings (SSSR count). The van der Waals surface area contributed by atoms with Crippen molar-refractivity contribution in [3.8, 4) is 0 Å². The molecule has 1 aliphatic heterocycles. The van der Waals surface area contributed by atoms with Gasteiger partial charge in [0.2, 0.25) is 0 Å². The lowest BCUT2D eigenvalue weighted by atomic mass is 9.80. The van der Waals surface area contributed by atoms with Gasteiger partial charge in [-0.15, -0.1) is 0 Å². The van der Waals surface area contributed by atoms with Crippen LogP contribution in [0.15, 0.2) is 23.3 Å². The van der Waals surface area contributed by atoms with Crippen molar-refractivity contribution >= 4 is 0 Å². The monoisotopic (exact) mass is 207 g/mol. The van der Waals surface area contributed by atoms with Gasteiger partial charge < -0.3 is 5.32 Å². The van der Waals surface area contributed by atoms with E-state index in [9.17, 15) is 0 Å². The lowest BCUT2D eigenvalue weighted by molar-refractivity contribution is 0.479. The fourth-order valence-corrected chi connectivity index (χ4v) is 1.69. The van der Waals surface area contributed by atoms with Crippen LogP contribution in [0.1, 0.15) is 41.5 Å². The second-order valence-electron chi connectivity index (χ2n) is 6.46. The topological polar surface area (TPSA) is 12.0 Å². The van der Waals surface area contributed by atoms with Crippen LogP contribution in [0, 0.1) is 10.8 Å². The van der Waals surface area contributed by atoms with Crippen LogP contribution >= 0.6 is 0 Å². The van der Waals surface area contributed by atoms with Gasteiger partial charge >= 0.3 is 0 Å². The zero-order valence-electron chi connectivity index (χ0n) is 11.1. The molecule has 0 fully saturated rings. The quantitative estimate of drug-likeness (QED) is 0.640. The van der Waals surface area contributed by atoms with Gasteiger partial charge in [0.1, 0.15) is 0 Å². The molecule has 0 aromatic carbocycles. The molecule has 1 nitrogen and oxygen atoms in total. The molecule has 0 bridgehead atoms. The summed E-state index contributed by atoms with van der Waals surface area (Å²) in [4.78, 5) is 0. The van der Waals surface area contributed by atoms with Gasteiger partial charge in [0, 0.05) is 13.1 Å². The minimum atomic E-state index is 0.252. The van der Waals surface area contributed by atoms with Gasteiger partial charge in [-0.05, 0) is 16.4 Å². The van der Waals surface area contributed by atoms with Crippen LogP contribution in [0.4, 0.5) is 0 Å². The van der Waals surface area contributed by atoms with E-state index in [0.717, 1.165) is 13.1 Å². The summed E-state index contributed by atoms with van der Waals surface area (Å²) in [5, 5.41) is 3.46. The standard InChI is InChI=1S/C14H25N/c1-13(2,3)11-7-8-15-10-12(9-11)14(4,5)6/h7,9,15H,8,10H2,1-6H3. The summed E-state index contributed by atoms with van der Waals surface area (Å²) in [5.41, 5.74) is 3.48. The SMILES string of the molecule is CC(C)(C)C1=CCNCC(C(C)(C)C)=C1. The highest BCUT2D eigenvalue weighted by Gasteiger charge is 2.22. The normalized spacial score (nSPS) is 19.3. The molecule has 0 unspecified atom stereocenters. The number of allylic oxidation sites excluding steroid dienone is 2. The van der Waals surface area contributed by atoms with Gasteiger partial charge in [0.15, 0.2) is 0 Å². The Balaban J connectivity index is 3.02. The van der Waals surface area contributed by atoms with Crippen molar-refractivity contribution in [2.75, 3.05) is 13.1 Å². The van der Waals surface area contributed by atoms with Crippen LogP contribution < -0.4 is 5.32 Å². The largest absolute Gasteiger partial charge is 0.310 e. The molecule has 0 amide bonds. The molecule has 1 heteroatoms. The molecule has 1 aliphatic rings. The Hall–Kier alpha value is -0.560. The van der Waals surface area contributed by atoms with Gasteiger partial charge in [-0.2, -0.15) is 0 Å². The summed E-state index contributed by atoms with van der Waals surface area (Å²) in [7, 11) is 0. The lowest BCUT2D eigenvalue weighted by Crippen LogP contribution is -2.22. The van der Waals surface area contributed by atoms with E-state index in [2.05, 4.69) is 59.0 Å². The van der Waals surface area contributed by atoms with Crippen LogP contribution in [-0.2, 0) is 0 Å². The molecule has 0 radical (unpaired) electrons. The molecule has 86 valence electrons. The highest BCUT2D eigenvalue weighted by molar-refractivity contribution is 5.33. The van der Waals surface area contributed by atoms with Gasteiger partial charge in [0.05, 0.1) is 0 Å². The molecular weight excluding hydrogens is 182 g/mol. The summed E-state index contributed by atoms with van der Waals surface area (Å²) in [6.07, 6.45) is 4.71. The Labute approximate surface area is 94.6 Å². The van der Waals surface area contributed by atoms with Gasteiger partial charge in [-0.1, -0.05) is 59.3 Å². The maximum atomic E-state index is 3.46. The third-order valence-electron chi connectivity index (χ3n) is 2.94. The van der Waals surface area contributed by atoms with Crippen molar-refractivity contribution < 1.29 is 0 Å². The van der Waals surface area contributed by atoms with Crippen molar-refractivity contribution in [3.05, 3.63) is 23.3 Å². The van der Waals surface area contributed by atoms with Crippen LogP contribution in [0.2, 0.25) is 0 Å². The van der Waals surface area contributed by atoms with Crippen LogP contribution in [0.25, 0.3) is 0 Å². The van der Waals surface area contributed by atoms with E-state index in [4.69, 9.17) is 0 Å². The summed E-state index contributed by atoms with van der Waals surface area (Å²) < 4.78 is 0. The second-order valence-corrected chi connectivity index (χ2v) is 6.46. The molecular formula is C14H25N. The maximum absolute atomic E-state index is 3.46. The Kier molecular flexibility index (Phi) is 3.44. The zero-order valence-corrected chi connectivity index (χ0v) is 11.1. The fraction of sp³-hybridized carbons (Fsp3) is 0.714. The van der Waals surface area contributed by atoms with Crippen LogP contribution in [0.5, 0.6) is 0 Å². The Morgan fingerprint density at radius 1 is 1.00 bits per heavy atom. The molecule has 1 N–H and O–H groups in total. The summed E-state index contributed by atoms with van der Waals surface area (Å²) in [6.45, 7) is 15.7. The minimum absolute atomic E-state index is 0.252. The van der Waals surface area contributed by atoms with E-state index in [1.165, 1.54) is 11.1 Å². The molecule has 0 aromatic rings. The first-order valence-electron chi connectivity index (χ1n) is 5.83. The van der Waals surface area contributed by atoms with E-state index >= 15 is 0 Å². The highest BCUT2D eigenvalue weighted by Crippen LogP contribution is 2.32. The van der Waals surface area contributed by atoms with Crippen molar-refractivity contribution in [1.29, 1.82) is 0 Å². The average Bonchev–Trinajstić information content (AvgIpc) is 2.24. The van der Waals surface area contributed by atoms with Gasteiger partial charge in [0.25, 0.3) is 0 Å². The predicted octanol–water partition coefficient (Wildman–Crippen LogP) is 3.53. The second kappa shape index (κ2) is 4.13. The van der Waals surface area contributed by atoms with Crippen molar-refractivity contribution in [2.45, 2.75) is 41.5 Å². The number of nitrogens with one attached hydrogen (secondary N) is 1. The maximum Gasteiger partial charge on any atom is 0.0176 e. The zero-order chi connectivity index (χ0) is 11.7. The van der Waals surface area contributed by atoms with Gasteiger partial charge in [-0.3, -0.25) is 0 Å². The minimum Gasteiger partial charge on any atom is -0.310 e. The molecule has 1 heterocycles. The van der Waals surface area contributed by atoms with Gasteiger partial charge in [-0.25, -0.2) is 0 Å². The van der Waals surface area contributed by atoms with E-state index in [-0.39, 0.29) is 10.8 Å². The van der Waals surface area contributed by atoms with E-state index in [1.807, 2.05) is 0 Å². The molecule has 0 aliphatic carbocycles. The lowest BCUT2D eigenvalue weighted by Gasteiger charge is -2.25. The van der Waals surface area contributed by atoms with Crippen molar-refractivity contribution in [1.82, 2.24) is 5.32 Å². The van der Waals surface area contributed by atoms with Crippen molar-refractivity contribution in [3.63, 3.8) is 0 Å². The van der Waals surface area contributed by atoms with E-state index in [1.54, 1.807) is 0 Å². The van der Waals surface area contributed by atoms with E-state index in [0.29, 0.717) is 0 Å². The first kappa shape index (κ1) is 12.5. The number of hydrogen-bond donors (Lipinski definition) is 1.